The second kappa shape index (κ2) is 10.7. The first-order valence-corrected chi connectivity index (χ1v) is 11.5. The van der Waals surface area contributed by atoms with Gasteiger partial charge in [0.15, 0.2) is 6.19 Å². The number of carboxylic acids is 1. The summed E-state index contributed by atoms with van der Waals surface area (Å²) in [6.07, 6.45) is 4.72. The van der Waals surface area contributed by atoms with Crippen LogP contribution in [0.1, 0.15) is 40.9 Å². The Kier molecular flexibility index (Phi) is 7.31. The number of fused-ring (bicyclic) bond motifs is 1. The number of nitriles is 1. The number of guanidine groups is 1. The van der Waals surface area contributed by atoms with Gasteiger partial charge in [-0.1, -0.05) is 12.1 Å². The fourth-order valence-corrected chi connectivity index (χ4v) is 4.25. The summed E-state index contributed by atoms with van der Waals surface area (Å²) >= 11 is 0. The van der Waals surface area contributed by atoms with Gasteiger partial charge in [-0.2, -0.15) is 5.26 Å². The summed E-state index contributed by atoms with van der Waals surface area (Å²) in [7, 11) is 0. The van der Waals surface area contributed by atoms with E-state index in [1.807, 2.05) is 43.4 Å². The number of amides is 1. The maximum absolute atomic E-state index is 13.3. The van der Waals surface area contributed by atoms with Gasteiger partial charge in [-0.25, -0.2) is 9.79 Å². The van der Waals surface area contributed by atoms with Gasteiger partial charge < -0.3 is 19.7 Å². The van der Waals surface area contributed by atoms with Crippen LogP contribution in [-0.4, -0.2) is 47.0 Å². The lowest BCUT2D eigenvalue weighted by atomic mass is 10.1. The number of likely N-dealkylation sites (tertiary alicyclic amines) is 1. The lowest BCUT2D eigenvalue weighted by molar-refractivity contribution is -0.131. The highest BCUT2D eigenvalue weighted by molar-refractivity contribution is 5.98. The molecule has 1 saturated heterocycles. The summed E-state index contributed by atoms with van der Waals surface area (Å²) < 4.78 is 5.60. The summed E-state index contributed by atoms with van der Waals surface area (Å²) in [6, 6.07) is 13.6. The average molecular weight is 474 g/mol. The Morgan fingerprint density at radius 2 is 2.11 bits per heavy atom. The van der Waals surface area contributed by atoms with Crippen LogP contribution in [0.15, 0.2) is 57.9 Å². The maximum Gasteiger partial charge on any atom is 0.335 e. The Balaban J connectivity index is 1.48. The third kappa shape index (κ3) is 5.98. The highest BCUT2D eigenvalue weighted by Crippen LogP contribution is 2.23. The van der Waals surface area contributed by atoms with Crippen molar-refractivity contribution in [3.63, 3.8) is 0 Å². The van der Waals surface area contributed by atoms with E-state index >= 15 is 0 Å². The Hall–Kier alpha value is -4.32. The highest BCUT2D eigenvalue weighted by atomic mass is 16.4. The minimum Gasteiger partial charge on any atom is -0.478 e. The first-order chi connectivity index (χ1) is 16.9. The number of hydrogen-bond donors (Lipinski definition) is 3. The van der Waals surface area contributed by atoms with Gasteiger partial charge in [-0.3, -0.25) is 10.1 Å². The van der Waals surface area contributed by atoms with Crippen LogP contribution in [0.3, 0.4) is 0 Å². The number of aliphatic imine (C=N–C) groups is 1. The van der Waals surface area contributed by atoms with Crippen LogP contribution >= 0.6 is 0 Å². The van der Waals surface area contributed by atoms with E-state index in [2.05, 4.69) is 15.6 Å². The van der Waals surface area contributed by atoms with E-state index in [9.17, 15) is 20.0 Å². The molecule has 1 fully saturated rings. The molecule has 9 nitrogen and oxygen atoms in total. The van der Waals surface area contributed by atoms with Crippen LogP contribution in [0, 0.1) is 18.4 Å². The molecule has 1 unspecified atom stereocenters. The zero-order valence-electron chi connectivity index (χ0n) is 19.5. The molecule has 1 aliphatic heterocycles. The van der Waals surface area contributed by atoms with Crippen LogP contribution in [0.25, 0.3) is 11.0 Å². The number of aromatic carboxylic acids is 1. The third-order valence-electron chi connectivity index (χ3n) is 5.96. The molecule has 35 heavy (non-hydrogen) atoms. The summed E-state index contributed by atoms with van der Waals surface area (Å²) in [5, 5.41) is 25.0. The normalized spacial score (nSPS) is 16.6. The number of nitrogens with zero attached hydrogens (tertiary/aromatic N) is 3. The van der Waals surface area contributed by atoms with Gasteiger partial charge in [0.05, 0.1) is 5.56 Å². The van der Waals surface area contributed by atoms with E-state index < -0.39 is 12.0 Å². The zero-order valence-corrected chi connectivity index (χ0v) is 19.5. The third-order valence-corrected chi connectivity index (χ3v) is 5.96. The van der Waals surface area contributed by atoms with E-state index in [0.29, 0.717) is 25.9 Å². The predicted octanol–water partition coefficient (Wildman–Crippen LogP) is 3.90. The molecular weight excluding hydrogens is 446 g/mol. The molecule has 1 amide bonds. The molecule has 0 bridgehead atoms. The van der Waals surface area contributed by atoms with Crippen molar-refractivity contribution in [3.8, 4) is 6.19 Å². The number of rotatable bonds is 6. The Labute approximate surface area is 203 Å². The van der Waals surface area contributed by atoms with Crippen LogP contribution in [0.5, 0.6) is 0 Å². The molecule has 0 radical (unpaired) electrons. The van der Waals surface area contributed by atoms with Crippen molar-refractivity contribution in [1.29, 1.82) is 5.26 Å². The molecule has 2 aromatic carbocycles. The van der Waals surface area contributed by atoms with Crippen molar-refractivity contribution >= 4 is 34.5 Å². The fraction of sp³-hybridized carbons (Fsp3) is 0.308. The zero-order chi connectivity index (χ0) is 24.8. The highest BCUT2D eigenvalue weighted by Gasteiger charge is 2.27. The van der Waals surface area contributed by atoms with Crippen LogP contribution < -0.4 is 10.6 Å². The summed E-state index contributed by atoms with van der Waals surface area (Å²) in [6.45, 7) is 2.97. The summed E-state index contributed by atoms with van der Waals surface area (Å²) in [5.74, 6) is -0.0579. The Morgan fingerprint density at radius 3 is 2.91 bits per heavy atom. The number of aryl methyl sites for hydroxylation is 1. The number of hydrogen-bond acceptors (Lipinski definition) is 5. The van der Waals surface area contributed by atoms with Crippen molar-refractivity contribution in [2.75, 3.05) is 18.4 Å². The lowest BCUT2D eigenvalue weighted by Gasteiger charge is -2.23. The molecule has 2 heterocycles. The van der Waals surface area contributed by atoms with E-state index in [1.54, 1.807) is 23.1 Å². The smallest absolute Gasteiger partial charge is 0.335 e. The lowest BCUT2D eigenvalue weighted by Crippen LogP contribution is -2.40. The van der Waals surface area contributed by atoms with Crippen LogP contribution in [0.4, 0.5) is 5.69 Å². The van der Waals surface area contributed by atoms with Gasteiger partial charge in [0.2, 0.25) is 11.9 Å². The molecule has 3 N–H and O–H groups in total. The minimum atomic E-state index is -0.973. The molecule has 3 aromatic rings. The molecule has 0 spiro atoms. The number of nitrogens with one attached hydrogen (secondary N) is 2. The van der Waals surface area contributed by atoms with Gasteiger partial charge >= 0.3 is 5.97 Å². The molecule has 180 valence electrons. The first kappa shape index (κ1) is 23.8. The van der Waals surface area contributed by atoms with Crippen molar-refractivity contribution in [3.05, 3.63) is 65.4 Å². The molecular formula is C26H27N5O4. The molecule has 9 heteroatoms. The fourth-order valence-electron chi connectivity index (χ4n) is 4.25. The molecule has 0 saturated carbocycles. The second-order valence-electron chi connectivity index (χ2n) is 8.54. The summed E-state index contributed by atoms with van der Waals surface area (Å²) in [4.78, 5) is 30.9. The predicted molar refractivity (Wildman–Crippen MR) is 132 cm³/mol. The summed E-state index contributed by atoms with van der Waals surface area (Å²) in [5.41, 5.74) is 2.58. The Bertz CT molecular complexity index is 1310. The van der Waals surface area contributed by atoms with Crippen molar-refractivity contribution < 1.29 is 19.1 Å². The number of furan rings is 1. The van der Waals surface area contributed by atoms with Crippen LogP contribution in [0.2, 0.25) is 0 Å². The van der Waals surface area contributed by atoms with Gasteiger partial charge in [-0.15, -0.1) is 0 Å². The van der Waals surface area contributed by atoms with Crippen molar-refractivity contribution in [2.45, 2.75) is 38.6 Å². The van der Waals surface area contributed by atoms with Crippen molar-refractivity contribution in [2.24, 2.45) is 4.99 Å². The van der Waals surface area contributed by atoms with E-state index in [4.69, 9.17) is 4.42 Å². The van der Waals surface area contributed by atoms with Gasteiger partial charge in [0.1, 0.15) is 17.4 Å². The second-order valence-corrected chi connectivity index (χ2v) is 8.54. The Morgan fingerprint density at radius 1 is 1.26 bits per heavy atom. The molecule has 1 aliphatic rings. The number of carbonyl (C=O) groups is 2. The largest absolute Gasteiger partial charge is 0.478 e. The quantitative estimate of drug-likeness (QED) is 0.214. The molecule has 1 aromatic heterocycles. The van der Waals surface area contributed by atoms with E-state index in [1.165, 1.54) is 0 Å². The topological polar surface area (TPSA) is 131 Å². The monoisotopic (exact) mass is 473 g/mol. The SMILES string of the molecule is Cc1cc2cc(NC(=NC3CCCCN(CCc4cccc(C(=O)O)c4)C3=O)NC#N)ccc2o1. The van der Waals surface area contributed by atoms with Crippen molar-refractivity contribution in [1.82, 2.24) is 10.2 Å². The van der Waals surface area contributed by atoms with Gasteiger partial charge in [0.25, 0.3) is 0 Å². The van der Waals surface area contributed by atoms with Gasteiger partial charge in [-0.05, 0) is 74.6 Å². The molecule has 1 atom stereocenters. The standard InChI is InChI=1S/C26H27N5O4/c1-17-13-20-15-21(8-9-23(20)35-17)29-26(28-16-27)30-22-7-2-3-11-31(24(22)32)12-10-18-5-4-6-19(14-18)25(33)34/h4-6,8-9,13-15,22H,2-3,7,10-12H2,1H3,(H,33,34)(H2,28,29,30). The van der Waals surface area contributed by atoms with Gasteiger partial charge in [0, 0.05) is 24.2 Å². The van der Waals surface area contributed by atoms with E-state index in [-0.39, 0.29) is 17.4 Å². The number of anilines is 1. The molecule has 0 aliphatic carbocycles. The maximum atomic E-state index is 13.3. The van der Waals surface area contributed by atoms with E-state index in [0.717, 1.165) is 40.8 Å². The number of carbonyl (C=O) groups excluding carboxylic acids is 1. The minimum absolute atomic E-state index is 0.100. The number of benzene rings is 2. The van der Waals surface area contributed by atoms with Crippen LogP contribution in [-0.2, 0) is 11.2 Å². The number of carboxylic acid groups (broad SMARTS) is 1. The average Bonchev–Trinajstić information content (AvgIpc) is 3.12. The molecule has 4 rings (SSSR count). The first-order valence-electron chi connectivity index (χ1n) is 11.5.